The minimum Gasteiger partial charge on any atom is -0.493 e. The number of amides is 1. The molecule has 1 aromatic heterocycles. The fourth-order valence-corrected chi connectivity index (χ4v) is 4.74. The number of hydrogen-bond acceptors (Lipinski definition) is 8. The van der Waals surface area contributed by atoms with Gasteiger partial charge in [0.05, 0.1) is 26.9 Å². The van der Waals surface area contributed by atoms with Gasteiger partial charge in [0.1, 0.15) is 17.5 Å². The molecule has 0 fully saturated rings. The lowest BCUT2D eigenvalue weighted by Gasteiger charge is -2.15. The largest absolute Gasteiger partial charge is 0.493 e. The van der Waals surface area contributed by atoms with Crippen LogP contribution in [0.4, 0.5) is 0 Å². The number of aliphatic carboxylic acids is 1. The Bertz CT molecular complexity index is 1710. The average Bonchev–Trinajstić information content (AvgIpc) is 3.55. The highest BCUT2D eigenvalue weighted by atomic mass is 16.5. The van der Waals surface area contributed by atoms with Gasteiger partial charge in [-0.25, -0.2) is 4.79 Å². The van der Waals surface area contributed by atoms with Crippen molar-refractivity contribution in [2.45, 2.75) is 12.5 Å². The van der Waals surface area contributed by atoms with E-state index in [1.807, 2.05) is 24.3 Å². The highest BCUT2D eigenvalue weighted by Crippen LogP contribution is 2.42. The summed E-state index contributed by atoms with van der Waals surface area (Å²) >= 11 is 0. The summed E-state index contributed by atoms with van der Waals surface area (Å²) in [5.41, 5.74) is 2.51. The van der Waals surface area contributed by atoms with Crippen LogP contribution in [0.15, 0.2) is 66.6 Å². The van der Waals surface area contributed by atoms with Gasteiger partial charge in [-0.2, -0.15) is 0 Å². The standard InChI is InChI=1S/C31H28N2O9/c1-38-24-11-8-17(29(39-2)30(24)40-3)13-26-28(35)21-10-9-19(14-25(21)42-26)41-16-27(34)33-23(31(36)37)12-18-15-32-22-7-5-4-6-20(18)22/h4-11,13-15,23,32H,12,16H2,1-3H3,(H,33,34)(H,36,37)/b26-13-. The maximum absolute atomic E-state index is 13.0. The summed E-state index contributed by atoms with van der Waals surface area (Å²) in [6.07, 6.45) is 3.37. The second kappa shape index (κ2) is 12.0. The van der Waals surface area contributed by atoms with Gasteiger partial charge in [-0.3, -0.25) is 9.59 Å². The number of methoxy groups -OCH3 is 3. The number of carbonyl (C=O) groups excluding carboxylic acids is 2. The monoisotopic (exact) mass is 572 g/mol. The molecule has 0 saturated carbocycles. The number of ether oxygens (including phenoxy) is 5. The van der Waals surface area contributed by atoms with E-state index < -0.39 is 24.5 Å². The van der Waals surface area contributed by atoms with Gasteiger partial charge in [-0.1, -0.05) is 18.2 Å². The summed E-state index contributed by atoms with van der Waals surface area (Å²) < 4.78 is 27.6. The van der Waals surface area contributed by atoms with Gasteiger partial charge < -0.3 is 39.1 Å². The number of benzene rings is 3. The van der Waals surface area contributed by atoms with E-state index >= 15 is 0 Å². The van der Waals surface area contributed by atoms with Crippen molar-refractivity contribution < 1.29 is 43.2 Å². The molecule has 1 unspecified atom stereocenters. The second-order valence-corrected chi connectivity index (χ2v) is 9.33. The lowest BCUT2D eigenvalue weighted by Crippen LogP contribution is -2.44. The number of hydrogen-bond donors (Lipinski definition) is 3. The molecule has 0 bridgehead atoms. The Labute approximate surface area is 240 Å². The van der Waals surface area contributed by atoms with Crippen LogP contribution in [0.1, 0.15) is 21.5 Å². The molecule has 0 spiro atoms. The number of aromatic amines is 1. The van der Waals surface area contributed by atoms with E-state index in [1.54, 1.807) is 18.3 Å². The molecule has 3 aromatic carbocycles. The number of Topliss-reactive ketones (excluding diaryl/α,β-unsaturated/α-hetero) is 1. The van der Waals surface area contributed by atoms with Gasteiger partial charge >= 0.3 is 5.97 Å². The molecule has 1 aliphatic heterocycles. The summed E-state index contributed by atoms with van der Waals surface area (Å²) in [4.78, 5) is 40.6. The van der Waals surface area contributed by atoms with E-state index in [-0.39, 0.29) is 29.5 Å². The number of ketones is 1. The highest BCUT2D eigenvalue weighted by Gasteiger charge is 2.29. The third kappa shape index (κ3) is 5.57. The molecule has 1 atom stereocenters. The number of carboxylic acids is 1. The Morgan fingerprint density at radius 3 is 2.55 bits per heavy atom. The van der Waals surface area contributed by atoms with Crippen molar-refractivity contribution in [2.75, 3.05) is 27.9 Å². The van der Waals surface area contributed by atoms with E-state index in [4.69, 9.17) is 23.7 Å². The normalized spacial score (nSPS) is 13.8. The van der Waals surface area contributed by atoms with Crippen LogP contribution in [0.5, 0.6) is 28.7 Å². The summed E-state index contributed by atoms with van der Waals surface area (Å²) in [7, 11) is 4.47. The molecule has 0 radical (unpaired) electrons. The van der Waals surface area contributed by atoms with Crippen LogP contribution in [0.2, 0.25) is 0 Å². The van der Waals surface area contributed by atoms with Crippen LogP contribution >= 0.6 is 0 Å². The molecule has 216 valence electrons. The van der Waals surface area contributed by atoms with Crippen molar-refractivity contribution in [1.82, 2.24) is 10.3 Å². The molecule has 2 heterocycles. The fourth-order valence-electron chi connectivity index (χ4n) is 4.74. The van der Waals surface area contributed by atoms with Gasteiger partial charge in [0.2, 0.25) is 11.5 Å². The number of fused-ring (bicyclic) bond motifs is 2. The van der Waals surface area contributed by atoms with Gasteiger partial charge in [-0.15, -0.1) is 0 Å². The van der Waals surface area contributed by atoms with E-state index in [9.17, 15) is 19.5 Å². The van der Waals surface area contributed by atoms with Gasteiger partial charge in [0.25, 0.3) is 5.91 Å². The number of aromatic nitrogens is 1. The van der Waals surface area contributed by atoms with Crippen LogP contribution in [-0.4, -0.2) is 61.7 Å². The van der Waals surface area contributed by atoms with Crippen molar-refractivity contribution >= 4 is 34.6 Å². The zero-order valence-corrected chi connectivity index (χ0v) is 23.1. The van der Waals surface area contributed by atoms with Crippen molar-refractivity contribution in [1.29, 1.82) is 0 Å². The van der Waals surface area contributed by atoms with Crippen LogP contribution in [0.3, 0.4) is 0 Å². The van der Waals surface area contributed by atoms with E-state index in [0.29, 0.717) is 28.4 Å². The van der Waals surface area contributed by atoms with Crippen LogP contribution in [-0.2, 0) is 16.0 Å². The van der Waals surface area contributed by atoms with E-state index in [2.05, 4.69) is 10.3 Å². The molecule has 3 N–H and O–H groups in total. The van der Waals surface area contributed by atoms with Gasteiger partial charge in [0.15, 0.2) is 23.9 Å². The first-order valence-corrected chi connectivity index (χ1v) is 12.9. The molecule has 1 aliphatic rings. The quantitative estimate of drug-likeness (QED) is 0.227. The first kappa shape index (κ1) is 28.1. The fraction of sp³-hybridized carbons (Fsp3) is 0.194. The molecular formula is C31H28N2O9. The van der Waals surface area contributed by atoms with E-state index in [0.717, 1.165) is 16.5 Å². The SMILES string of the molecule is COc1ccc(/C=C2\Oc3cc(OCC(=O)NC(Cc4c[nH]c5ccccc45)C(=O)O)ccc3C2=O)c(OC)c1OC. The third-order valence-corrected chi connectivity index (χ3v) is 6.76. The Morgan fingerprint density at radius 1 is 1.02 bits per heavy atom. The predicted octanol–water partition coefficient (Wildman–Crippen LogP) is 4.00. The predicted molar refractivity (Wildman–Crippen MR) is 153 cm³/mol. The minimum absolute atomic E-state index is 0.0620. The molecule has 11 heteroatoms. The molecule has 42 heavy (non-hydrogen) atoms. The molecule has 0 aliphatic carbocycles. The lowest BCUT2D eigenvalue weighted by atomic mass is 10.1. The van der Waals surface area contributed by atoms with Crippen LogP contribution < -0.4 is 29.0 Å². The number of H-pyrrole nitrogens is 1. The first-order valence-electron chi connectivity index (χ1n) is 12.9. The minimum atomic E-state index is -1.16. The summed E-state index contributed by atoms with van der Waals surface area (Å²) in [6, 6.07) is 14.3. The summed E-state index contributed by atoms with van der Waals surface area (Å²) in [5, 5.41) is 13.1. The van der Waals surface area contributed by atoms with Gasteiger partial charge in [0, 0.05) is 35.2 Å². The number of rotatable bonds is 11. The molecule has 1 amide bonds. The Hall–Kier alpha value is -5.45. The smallest absolute Gasteiger partial charge is 0.326 e. The van der Waals surface area contributed by atoms with Gasteiger partial charge in [-0.05, 0) is 42.0 Å². The summed E-state index contributed by atoms with van der Waals surface area (Å²) in [6.45, 7) is -0.435. The second-order valence-electron chi connectivity index (χ2n) is 9.33. The zero-order valence-electron chi connectivity index (χ0n) is 23.1. The maximum Gasteiger partial charge on any atom is 0.326 e. The number of carbonyl (C=O) groups is 3. The zero-order chi connectivity index (χ0) is 29.8. The molecule has 0 saturated heterocycles. The molecular weight excluding hydrogens is 544 g/mol. The number of carboxylic acid groups (broad SMARTS) is 1. The first-order chi connectivity index (χ1) is 20.3. The maximum atomic E-state index is 13.0. The Balaban J connectivity index is 1.25. The van der Waals surface area contributed by atoms with Crippen molar-refractivity contribution in [3.05, 3.63) is 83.2 Å². The number of allylic oxidation sites excluding steroid dienone is 1. The Morgan fingerprint density at radius 2 is 1.81 bits per heavy atom. The van der Waals surface area contributed by atoms with Crippen molar-refractivity contribution in [2.24, 2.45) is 0 Å². The lowest BCUT2D eigenvalue weighted by molar-refractivity contribution is -0.142. The molecule has 5 rings (SSSR count). The highest BCUT2D eigenvalue weighted by molar-refractivity contribution is 6.14. The molecule has 4 aromatic rings. The third-order valence-electron chi connectivity index (χ3n) is 6.76. The van der Waals surface area contributed by atoms with Crippen molar-refractivity contribution in [3.8, 4) is 28.7 Å². The average molecular weight is 573 g/mol. The Kier molecular flexibility index (Phi) is 8.00. The van der Waals surface area contributed by atoms with E-state index in [1.165, 1.54) is 45.6 Å². The van der Waals surface area contributed by atoms with Crippen LogP contribution in [0, 0.1) is 0 Å². The number of nitrogens with one attached hydrogen (secondary N) is 2. The summed E-state index contributed by atoms with van der Waals surface area (Å²) in [5.74, 6) is -0.313. The van der Waals surface area contributed by atoms with Crippen LogP contribution in [0.25, 0.3) is 17.0 Å². The number of para-hydroxylation sites is 1. The topological polar surface area (TPSA) is 145 Å². The van der Waals surface area contributed by atoms with Crippen molar-refractivity contribution in [3.63, 3.8) is 0 Å². The molecule has 11 nitrogen and oxygen atoms in total.